The van der Waals surface area contributed by atoms with Gasteiger partial charge in [-0.25, -0.2) is 9.18 Å². The summed E-state index contributed by atoms with van der Waals surface area (Å²) in [4.78, 5) is 24.5. The van der Waals surface area contributed by atoms with Crippen LogP contribution in [0.4, 0.5) is 4.39 Å². The van der Waals surface area contributed by atoms with Crippen molar-refractivity contribution >= 4 is 11.9 Å². The normalized spacial score (nSPS) is 22.6. The number of amides is 1. The second-order valence-corrected chi connectivity index (χ2v) is 5.50. The van der Waals surface area contributed by atoms with Crippen LogP contribution in [0.2, 0.25) is 0 Å². The minimum absolute atomic E-state index is 0.0624. The summed E-state index contributed by atoms with van der Waals surface area (Å²) < 4.78 is 15.6. The van der Waals surface area contributed by atoms with Crippen LogP contribution in [0, 0.1) is 0 Å². The smallest absolute Gasteiger partial charge is 0.343 e. The van der Waals surface area contributed by atoms with Gasteiger partial charge in [-0.15, -0.1) is 0 Å². The maximum absolute atomic E-state index is 14.0. The third-order valence-corrected chi connectivity index (χ3v) is 3.52. The largest absolute Gasteiger partial charge is 0.479 e. The Morgan fingerprint density at radius 3 is 2.65 bits per heavy atom. The molecular formula is C13H18FN3O3. The van der Waals surface area contributed by atoms with Gasteiger partial charge in [-0.1, -0.05) is 13.8 Å². The van der Waals surface area contributed by atoms with Crippen LogP contribution < -0.4 is 0 Å². The molecule has 110 valence electrons. The Balaban J connectivity index is 2.24. The number of hydrogen-bond donors (Lipinski definition) is 1. The fourth-order valence-electron chi connectivity index (χ4n) is 2.39. The number of alkyl halides is 1. The van der Waals surface area contributed by atoms with Crippen LogP contribution in [0.15, 0.2) is 6.20 Å². The molecule has 0 aliphatic carbocycles. The molecule has 1 aromatic heterocycles. The summed E-state index contributed by atoms with van der Waals surface area (Å²) in [5.74, 6) is -1.81. The molecule has 6 nitrogen and oxygen atoms in total. The average Bonchev–Trinajstić information content (AvgIpc) is 2.93. The quantitative estimate of drug-likeness (QED) is 0.904. The fraction of sp³-hybridized carbons (Fsp3) is 0.615. The maximum Gasteiger partial charge on any atom is 0.343 e. The van der Waals surface area contributed by atoms with Gasteiger partial charge in [0.1, 0.15) is 0 Å². The second kappa shape index (κ2) is 4.88. The molecule has 0 spiro atoms. The third kappa shape index (κ3) is 2.39. The number of aromatic nitrogens is 2. The molecule has 1 atom stereocenters. The molecule has 20 heavy (non-hydrogen) atoms. The number of aryl methyl sites for hydroxylation is 1. The Labute approximate surface area is 116 Å². The van der Waals surface area contributed by atoms with Crippen molar-refractivity contribution in [3.63, 3.8) is 0 Å². The average molecular weight is 283 g/mol. The highest BCUT2D eigenvalue weighted by molar-refractivity contribution is 5.96. The molecule has 1 amide bonds. The summed E-state index contributed by atoms with van der Waals surface area (Å²) >= 11 is 0. The summed E-state index contributed by atoms with van der Waals surface area (Å²) in [5, 5.41) is 13.1. The van der Waals surface area contributed by atoms with Crippen molar-refractivity contribution < 1.29 is 19.1 Å². The molecule has 0 bridgehead atoms. The molecule has 1 unspecified atom stereocenters. The first-order chi connectivity index (χ1) is 9.24. The van der Waals surface area contributed by atoms with Crippen LogP contribution in [-0.2, 0) is 11.8 Å². The minimum Gasteiger partial charge on any atom is -0.479 e. The highest BCUT2D eigenvalue weighted by atomic mass is 19.1. The van der Waals surface area contributed by atoms with Crippen molar-refractivity contribution in [1.82, 2.24) is 14.7 Å². The van der Waals surface area contributed by atoms with Crippen molar-refractivity contribution in [1.29, 1.82) is 0 Å². The lowest BCUT2D eigenvalue weighted by molar-refractivity contribution is -0.149. The second-order valence-electron chi connectivity index (χ2n) is 5.50. The molecule has 1 saturated heterocycles. The van der Waals surface area contributed by atoms with Crippen LogP contribution in [0.5, 0.6) is 0 Å². The SMILES string of the molecule is CC(C)c1nn(C)cc1C(=O)N1CCC(F)(C(=O)O)C1. The number of halogens is 1. The number of carboxylic acid groups (broad SMARTS) is 1. The van der Waals surface area contributed by atoms with Crippen LogP contribution in [0.25, 0.3) is 0 Å². The number of carbonyl (C=O) groups excluding carboxylic acids is 1. The third-order valence-electron chi connectivity index (χ3n) is 3.52. The van der Waals surface area contributed by atoms with Crippen molar-refractivity contribution in [2.45, 2.75) is 31.9 Å². The summed E-state index contributed by atoms with van der Waals surface area (Å²) in [6, 6.07) is 0. The van der Waals surface area contributed by atoms with E-state index in [0.717, 1.165) is 0 Å². The molecule has 1 fully saturated rings. The van der Waals surface area contributed by atoms with Gasteiger partial charge in [-0.3, -0.25) is 9.48 Å². The predicted octanol–water partition coefficient (Wildman–Crippen LogP) is 1.18. The van der Waals surface area contributed by atoms with E-state index < -0.39 is 18.2 Å². The number of nitrogens with zero attached hydrogens (tertiary/aromatic N) is 3. The molecule has 0 saturated carbocycles. The topological polar surface area (TPSA) is 75.4 Å². The standard InChI is InChI=1S/C13H18FN3O3/c1-8(2)10-9(6-16(3)15-10)11(18)17-5-4-13(14,7-17)12(19)20/h6,8H,4-5,7H2,1-3H3,(H,19,20). The van der Waals surface area contributed by atoms with E-state index in [9.17, 15) is 14.0 Å². The highest BCUT2D eigenvalue weighted by Crippen LogP contribution is 2.28. The zero-order valence-electron chi connectivity index (χ0n) is 11.8. The molecule has 0 radical (unpaired) electrons. The van der Waals surface area contributed by atoms with Crippen molar-refractivity contribution in [3.05, 3.63) is 17.5 Å². The lowest BCUT2D eigenvalue weighted by atomic mass is 10.1. The van der Waals surface area contributed by atoms with Gasteiger partial charge in [0, 0.05) is 26.2 Å². The zero-order valence-corrected chi connectivity index (χ0v) is 11.8. The summed E-state index contributed by atoms with van der Waals surface area (Å²) in [7, 11) is 1.71. The summed E-state index contributed by atoms with van der Waals surface area (Å²) in [6.07, 6.45) is 1.42. The number of hydrogen-bond acceptors (Lipinski definition) is 3. The molecule has 7 heteroatoms. The van der Waals surface area contributed by atoms with E-state index in [4.69, 9.17) is 5.11 Å². The number of rotatable bonds is 3. The van der Waals surface area contributed by atoms with E-state index in [1.165, 1.54) is 4.90 Å². The fourth-order valence-corrected chi connectivity index (χ4v) is 2.39. The first kappa shape index (κ1) is 14.5. The molecule has 1 aliphatic heterocycles. The van der Waals surface area contributed by atoms with Gasteiger partial charge in [0.25, 0.3) is 5.91 Å². The number of aliphatic carboxylic acids is 1. The molecule has 1 aliphatic rings. The van der Waals surface area contributed by atoms with Gasteiger partial charge in [0.05, 0.1) is 17.8 Å². The molecule has 2 rings (SSSR count). The molecule has 2 heterocycles. The van der Waals surface area contributed by atoms with E-state index in [0.29, 0.717) is 11.3 Å². The van der Waals surface area contributed by atoms with Crippen LogP contribution in [-0.4, -0.2) is 50.4 Å². The molecule has 1 aromatic rings. The van der Waals surface area contributed by atoms with Gasteiger partial charge in [0.15, 0.2) is 0 Å². The van der Waals surface area contributed by atoms with Crippen molar-refractivity contribution in [2.75, 3.05) is 13.1 Å². The molecular weight excluding hydrogens is 265 g/mol. The van der Waals surface area contributed by atoms with E-state index in [1.807, 2.05) is 13.8 Å². The molecule has 1 N–H and O–H groups in total. The Kier molecular flexibility index (Phi) is 3.54. The maximum atomic E-state index is 14.0. The van der Waals surface area contributed by atoms with E-state index >= 15 is 0 Å². The number of carboxylic acids is 1. The van der Waals surface area contributed by atoms with E-state index in [1.54, 1.807) is 17.9 Å². The van der Waals surface area contributed by atoms with Crippen LogP contribution >= 0.6 is 0 Å². The monoisotopic (exact) mass is 283 g/mol. The summed E-state index contributed by atoms with van der Waals surface area (Å²) in [6.45, 7) is 3.53. The van der Waals surface area contributed by atoms with Gasteiger partial charge in [0.2, 0.25) is 5.67 Å². The lowest BCUT2D eigenvalue weighted by Crippen LogP contribution is -2.39. The van der Waals surface area contributed by atoms with Crippen molar-refractivity contribution in [3.8, 4) is 0 Å². The van der Waals surface area contributed by atoms with Gasteiger partial charge in [-0.05, 0) is 5.92 Å². The van der Waals surface area contributed by atoms with Gasteiger partial charge < -0.3 is 10.0 Å². The van der Waals surface area contributed by atoms with Crippen LogP contribution in [0.3, 0.4) is 0 Å². The minimum atomic E-state index is -2.34. The predicted molar refractivity (Wildman–Crippen MR) is 69.3 cm³/mol. The van der Waals surface area contributed by atoms with Gasteiger partial charge >= 0.3 is 5.97 Å². The molecule has 0 aromatic carbocycles. The Morgan fingerprint density at radius 2 is 2.15 bits per heavy atom. The van der Waals surface area contributed by atoms with E-state index in [-0.39, 0.29) is 24.8 Å². The first-order valence-corrected chi connectivity index (χ1v) is 6.50. The first-order valence-electron chi connectivity index (χ1n) is 6.50. The zero-order chi connectivity index (χ0) is 15.1. The number of likely N-dealkylation sites (tertiary alicyclic amines) is 1. The lowest BCUT2D eigenvalue weighted by Gasteiger charge is -2.18. The van der Waals surface area contributed by atoms with Crippen LogP contribution in [0.1, 0.15) is 42.2 Å². The van der Waals surface area contributed by atoms with Gasteiger partial charge in [-0.2, -0.15) is 5.10 Å². The highest BCUT2D eigenvalue weighted by Gasteiger charge is 2.47. The van der Waals surface area contributed by atoms with Crippen molar-refractivity contribution in [2.24, 2.45) is 7.05 Å². The summed E-state index contributed by atoms with van der Waals surface area (Å²) in [5.41, 5.74) is -1.28. The number of carbonyl (C=O) groups is 2. The Morgan fingerprint density at radius 1 is 1.50 bits per heavy atom. The Bertz CT molecular complexity index is 555. The van der Waals surface area contributed by atoms with E-state index in [2.05, 4.69) is 5.10 Å². The Hall–Kier alpha value is -1.92.